The number of nitroso groups, excluding NO2 is 1. The monoisotopic (exact) mass is 197 g/mol. The van der Waals surface area contributed by atoms with Gasteiger partial charge >= 0.3 is 5.97 Å². The van der Waals surface area contributed by atoms with Crippen molar-refractivity contribution in [3.05, 3.63) is 16.3 Å². The number of aromatic carboxylic acids is 1. The molecular formula is C8H11N3O3. The first kappa shape index (κ1) is 10.4. The van der Waals surface area contributed by atoms with Crippen LogP contribution in [0.25, 0.3) is 0 Å². The molecule has 6 nitrogen and oxygen atoms in total. The molecule has 0 amide bonds. The van der Waals surface area contributed by atoms with Crippen LogP contribution < -0.4 is 0 Å². The van der Waals surface area contributed by atoms with Crippen molar-refractivity contribution in [2.75, 3.05) is 0 Å². The fourth-order valence-electron chi connectivity index (χ4n) is 1.15. The van der Waals surface area contributed by atoms with Crippen LogP contribution in [0.2, 0.25) is 0 Å². The molecule has 1 heterocycles. The van der Waals surface area contributed by atoms with E-state index in [-0.39, 0.29) is 11.4 Å². The maximum Gasteiger partial charge on any atom is 0.358 e. The maximum atomic E-state index is 10.6. The van der Waals surface area contributed by atoms with Crippen LogP contribution in [0.1, 0.15) is 35.9 Å². The summed E-state index contributed by atoms with van der Waals surface area (Å²) in [5.74, 6) is -1.24. The number of unbranched alkanes of at least 4 members (excludes halogenated alkanes) is 1. The normalized spacial score (nSPS) is 10.1. The van der Waals surface area contributed by atoms with Crippen molar-refractivity contribution in [3.8, 4) is 0 Å². The fourth-order valence-corrected chi connectivity index (χ4v) is 1.15. The quantitative estimate of drug-likeness (QED) is 0.704. The van der Waals surface area contributed by atoms with Crippen molar-refractivity contribution in [3.63, 3.8) is 0 Å². The highest BCUT2D eigenvalue weighted by atomic mass is 16.4. The molecule has 0 radical (unpaired) electrons. The van der Waals surface area contributed by atoms with E-state index in [2.05, 4.69) is 15.4 Å². The first-order valence-electron chi connectivity index (χ1n) is 4.34. The Morgan fingerprint density at radius 1 is 1.64 bits per heavy atom. The maximum absolute atomic E-state index is 10.6. The zero-order chi connectivity index (χ0) is 10.6. The highest BCUT2D eigenvalue weighted by molar-refractivity contribution is 5.91. The molecule has 0 atom stereocenters. The average Bonchev–Trinajstić information content (AvgIpc) is 2.57. The van der Waals surface area contributed by atoms with Crippen molar-refractivity contribution in [1.29, 1.82) is 0 Å². The summed E-state index contributed by atoms with van der Waals surface area (Å²) in [6.07, 6.45) is 2.42. The second-order valence-corrected chi connectivity index (χ2v) is 2.90. The van der Waals surface area contributed by atoms with E-state index in [0.717, 1.165) is 12.8 Å². The minimum Gasteiger partial charge on any atom is -0.476 e. The summed E-state index contributed by atoms with van der Waals surface area (Å²) >= 11 is 0. The van der Waals surface area contributed by atoms with Crippen LogP contribution >= 0.6 is 0 Å². The van der Waals surface area contributed by atoms with E-state index in [1.165, 1.54) is 0 Å². The van der Waals surface area contributed by atoms with Crippen LogP contribution in [0.15, 0.2) is 5.18 Å². The predicted molar refractivity (Wildman–Crippen MR) is 49.6 cm³/mol. The lowest BCUT2D eigenvalue weighted by Crippen LogP contribution is -1.96. The van der Waals surface area contributed by atoms with Gasteiger partial charge in [-0.25, -0.2) is 4.79 Å². The molecule has 0 aliphatic rings. The average molecular weight is 197 g/mol. The van der Waals surface area contributed by atoms with E-state index >= 15 is 0 Å². The van der Waals surface area contributed by atoms with Gasteiger partial charge in [0.25, 0.3) is 0 Å². The highest BCUT2D eigenvalue weighted by Crippen LogP contribution is 2.22. The first-order valence-corrected chi connectivity index (χ1v) is 4.34. The highest BCUT2D eigenvalue weighted by Gasteiger charge is 2.18. The molecule has 0 aromatic carbocycles. The summed E-state index contributed by atoms with van der Waals surface area (Å²) in [5.41, 5.74) is 0.122. The Hall–Kier alpha value is -1.72. The number of carboxylic acids is 1. The molecule has 6 heteroatoms. The molecule has 0 saturated carbocycles. The van der Waals surface area contributed by atoms with Gasteiger partial charge in [0.15, 0.2) is 11.4 Å². The van der Waals surface area contributed by atoms with Crippen molar-refractivity contribution >= 4 is 11.7 Å². The molecule has 76 valence electrons. The van der Waals surface area contributed by atoms with Crippen molar-refractivity contribution in [2.45, 2.75) is 26.2 Å². The third kappa shape index (κ3) is 1.95. The number of nitrogens with zero attached hydrogens (tertiary/aromatic N) is 2. The third-order valence-corrected chi connectivity index (χ3v) is 1.89. The van der Waals surface area contributed by atoms with Crippen LogP contribution in [0.4, 0.5) is 5.69 Å². The van der Waals surface area contributed by atoms with E-state index < -0.39 is 5.97 Å². The molecule has 0 aliphatic carbocycles. The second kappa shape index (κ2) is 4.50. The Bertz CT molecular complexity index is 346. The first-order chi connectivity index (χ1) is 6.70. The lowest BCUT2D eigenvalue weighted by molar-refractivity contribution is 0.0691. The largest absolute Gasteiger partial charge is 0.476 e. The van der Waals surface area contributed by atoms with Gasteiger partial charge in [-0.15, -0.1) is 4.91 Å². The number of hydrogen-bond acceptors (Lipinski definition) is 4. The summed E-state index contributed by atoms with van der Waals surface area (Å²) in [7, 11) is 0. The molecule has 14 heavy (non-hydrogen) atoms. The number of nitrogens with one attached hydrogen (secondary N) is 1. The zero-order valence-corrected chi connectivity index (χ0v) is 7.78. The van der Waals surface area contributed by atoms with E-state index in [4.69, 9.17) is 5.11 Å². The molecule has 0 saturated heterocycles. The Morgan fingerprint density at radius 2 is 2.36 bits per heavy atom. The van der Waals surface area contributed by atoms with Crippen LogP contribution in [-0.2, 0) is 6.42 Å². The van der Waals surface area contributed by atoms with Gasteiger partial charge in [-0.1, -0.05) is 13.3 Å². The van der Waals surface area contributed by atoms with E-state index in [1.54, 1.807) is 0 Å². The van der Waals surface area contributed by atoms with Crippen LogP contribution in [-0.4, -0.2) is 21.3 Å². The number of aromatic nitrogens is 2. The molecule has 0 fully saturated rings. The van der Waals surface area contributed by atoms with Gasteiger partial charge in [0.05, 0.1) is 5.69 Å². The minimum absolute atomic E-state index is 0.0778. The zero-order valence-electron chi connectivity index (χ0n) is 7.78. The molecule has 1 aromatic heterocycles. The van der Waals surface area contributed by atoms with Gasteiger partial charge in [0.1, 0.15) is 0 Å². The number of carboxylic acid groups (broad SMARTS) is 1. The predicted octanol–water partition coefficient (Wildman–Crippen LogP) is 1.85. The SMILES string of the molecule is CCCCc1[nH]nc(C(=O)O)c1N=O. The van der Waals surface area contributed by atoms with Gasteiger partial charge in [-0.3, -0.25) is 5.10 Å². The fraction of sp³-hybridized carbons (Fsp3) is 0.500. The Morgan fingerprint density at radius 3 is 2.86 bits per heavy atom. The molecule has 0 bridgehead atoms. The Kier molecular flexibility index (Phi) is 3.33. The number of H-pyrrole nitrogens is 1. The summed E-state index contributed by atoms with van der Waals surface area (Å²) < 4.78 is 0. The topological polar surface area (TPSA) is 95.4 Å². The van der Waals surface area contributed by atoms with Gasteiger partial charge in [0.2, 0.25) is 0 Å². The van der Waals surface area contributed by atoms with Crippen LogP contribution in [0.5, 0.6) is 0 Å². The number of carbonyl (C=O) groups is 1. The Balaban J connectivity index is 2.95. The minimum atomic E-state index is -1.24. The summed E-state index contributed by atoms with van der Waals surface area (Å²) in [6.45, 7) is 2.00. The number of aromatic amines is 1. The molecule has 1 aromatic rings. The van der Waals surface area contributed by atoms with E-state index in [9.17, 15) is 9.70 Å². The van der Waals surface area contributed by atoms with Crippen LogP contribution in [0, 0.1) is 4.91 Å². The third-order valence-electron chi connectivity index (χ3n) is 1.89. The van der Waals surface area contributed by atoms with Gasteiger partial charge in [-0.05, 0) is 18.0 Å². The lowest BCUT2D eigenvalue weighted by atomic mass is 10.1. The van der Waals surface area contributed by atoms with Gasteiger partial charge in [-0.2, -0.15) is 5.10 Å². The molecule has 0 aliphatic heterocycles. The molecule has 0 spiro atoms. The molecule has 1 rings (SSSR count). The number of hydrogen-bond donors (Lipinski definition) is 2. The summed E-state index contributed by atoms with van der Waals surface area (Å²) in [5, 5.41) is 17.4. The van der Waals surface area contributed by atoms with Gasteiger partial charge in [0, 0.05) is 0 Å². The lowest BCUT2D eigenvalue weighted by Gasteiger charge is -1.94. The standard InChI is InChI=1S/C8H11N3O3/c1-2-3-4-5-6(11-14)7(8(12)13)10-9-5/h2-4H2,1H3,(H,9,10)(H,12,13). The van der Waals surface area contributed by atoms with E-state index in [1.807, 2.05) is 6.92 Å². The van der Waals surface area contributed by atoms with Crippen molar-refractivity contribution in [2.24, 2.45) is 5.18 Å². The van der Waals surface area contributed by atoms with Crippen molar-refractivity contribution in [1.82, 2.24) is 10.2 Å². The van der Waals surface area contributed by atoms with Crippen LogP contribution in [0.3, 0.4) is 0 Å². The summed E-state index contributed by atoms with van der Waals surface area (Å²) in [4.78, 5) is 21.0. The number of aryl methyl sites for hydroxylation is 1. The molecular weight excluding hydrogens is 186 g/mol. The van der Waals surface area contributed by atoms with E-state index in [0.29, 0.717) is 12.1 Å². The number of rotatable bonds is 5. The second-order valence-electron chi connectivity index (χ2n) is 2.90. The smallest absolute Gasteiger partial charge is 0.358 e. The molecule has 2 N–H and O–H groups in total. The van der Waals surface area contributed by atoms with Gasteiger partial charge < -0.3 is 5.11 Å². The molecule has 0 unspecified atom stereocenters. The Labute approximate surface area is 80.3 Å². The van der Waals surface area contributed by atoms with Crippen molar-refractivity contribution < 1.29 is 9.90 Å². The summed E-state index contributed by atoms with van der Waals surface area (Å²) in [6, 6.07) is 0.